The highest BCUT2D eigenvalue weighted by molar-refractivity contribution is 5.92. The zero-order valence-electron chi connectivity index (χ0n) is 21.6. The van der Waals surface area contributed by atoms with Gasteiger partial charge in [-0.05, 0) is 43.2 Å². The third kappa shape index (κ3) is 4.75. The minimum absolute atomic E-state index is 0.0232. The normalized spacial score (nSPS) is 29.0. The van der Waals surface area contributed by atoms with Crippen LogP contribution in [0.15, 0.2) is 42.1 Å². The molecular weight excluding hydrogens is 444 g/mol. The number of esters is 1. The first kappa shape index (κ1) is 25.4. The molecule has 35 heavy (non-hydrogen) atoms. The molecule has 0 N–H and O–H groups in total. The van der Waals surface area contributed by atoms with Crippen LogP contribution < -0.4 is 0 Å². The Morgan fingerprint density at radius 2 is 1.80 bits per heavy atom. The van der Waals surface area contributed by atoms with Gasteiger partial charge in [0.05, 0.1) is 25.9 Å². The summed E-state index contributed by atoms with van der Waals surface area (Å²) in [4.78, 5) is 44.1. The van der Waals surface area contributed by atoms with Gasteiger partial charge in [-0.1, -0.05) is 51.1 Å². The first-order valence-corrected chi connectivity index (χ1v) is 12.7. The van der Waals surface area contributed by atoms with Crippen molar-refractivity contribution in [1.29, 1.82) is 0 Å². The van der Waals surface area contributed by atoms with Crippen LogP contribution in [0.1, 0.15) is 58.9 Å². The molecule has 3 heterocycles. The fourth-order valence-corrected chi connectivity index (χ4v) is 5.68. The Balaban J connectivity index is 1.79. The number of benzene rings is 1. The lowest BCUT2D eigenvalue weighted by Crippen LogP contribution is -2.61. The number of methoxy groups -OCH3 is 1. The Kier molecular flexibility index (Phi) is 7.09. The summed E-state index contributed by atoms with van der Waals surface area (Å²) in [5.74, 6) is -1.19. The molecular formula is C28H38N2O5. The highest BCUT2D eigenvalue weighted by atomic mass is 16.5. The quantitative estimate of drug-likeness (QED) is 0.595. The molecule has 2 saturated heterocycles. The van der Waals surface area contributed by atoms with Crippen molar-refractivity contribution in [1.82, 2.24) is 9.80 Å². The molecule has 2 amide bonds. The highest BCUT2D eigenvalue weighted by Crippen LogP contribution is 2.52. The van der Waals surface area contributed by atoms with Gasteiger partial charge in [-0.3, -0.25) is 14.4 Å². The predicted molar refractivity (Wildman–Crippen MR) is 132 cm³/mol. The van der Waals surface area contributed by atoms with Crippen LogP contribution >= 0.6 is 0 Å². The number of carbonyl (C=O) groups is 3. The second-order valence-corrected chi connectivity index (χ2v) is 11.2. The summed E-state index contributed by atoms with van der Waals surface area (Å²) < 4.78 is 11.8. The second-order valence-electron chi connectivity index (χ2n) is 11.2. The van der Waals surface area contributed by atoms with Gasteiger partial charge in [-0.15, -0.1) is 0 Å². The fourth-order valence-electron chi connectivity index (χ4n) is 5.68. The predicted octanol–water partition coefficient (Wildman–Crippen LogP) is 3.92. The van der Waals surface area contributed by atoms with E-state index in [4.69, 9.17) is 9.47 Å². The van der Waals surface area contributed by atoms with Crippen LogP contribution in [-0.4, -0.2) is 60.0 Å². The van der Waals surface area contributed by atoms with Crippen molar-refractivity contribution in [3.8, 4) is 0 Å². The number of nitrogens with zero attached hydrogens (tertiary/aromatic N) is 2. The van der Waals surface area contributed by atoms with Crippen LogP contribution in [0.4, 0.5) is 0 Å². The fraction of sp³-hybridized carbons (Fsp3) is 0.607. The van der Waals surface area contributed by atoms with Crippen molar-refractivity contribution in [2.45, 2.75) is 72.1 Å². The number of fused-ring (bicyclic) bond motifs is 1. The molecule has 0 radical (unpaired) electrons. The summed E-state index contributed by atoms with van der Waals surface area (Å²) in [5.41, 5.74) is 0.211. The van der Waals surface area contributed by atoms with E-state index in [9.17, 15) is 14.4 Å². The van der Waals surface area contributed by atoms with Gasteiger partial charge >= 0.3 is 5.97 Å². The maximum Gasteiger partial charge on any atom is 0.320 e. The molecule has 0 spiro atoms. The molecule has 0 saturated carbocycles. The number of carbonyl (C=O) groups excluding carboxylic acids is 3. The van der Waals surface area contributed by atoms with E-state index in [2.05, 4.69) is 20.8 Å². The van der Waals surface area contributed by atoms with Crippen LogP contribution in [-0.2, 0) is 30.4 Å². The van der Waals surface area contributed by atoms with Crippen molar-refractivity contribution >= 4 is 17.8 Å². The average Bonchev–Trinajstić information content (AvgIpc) is 3.37. The molecule has 0 bridgehead atoms. The minimum atomic E-state index is -1.16. The van der Waals surface area contributed by atoms with Crippen LogP contribution in [0.3, 0.4) is 0 Å². The van der Waals surface area contributed by atoms with E-state index in [1.54, 1.807) is 4.90 Å². The zero-order chi connectivity index (χ0) is 25.4. The van der Waals surface area contributed by atoms with E-state index in [1.165, 1.54) is 7.11 Å². The van der Waals surface area contributed by atoms with Gasteiger partial charge in [-0.25, -0.2) is 0 Å². The third-order valence-electron chi connectivity index (χ3n) is 7.75. The number of rotatable bonds is 5. The summed E-state index contributed by atoms with van der Waals surface area (Å²) in [5, 5.41) is 0. The molecule has 0 aromatic heterocycles. The van der Waals surface area contributed by atoms with Gasteiger partial charge in [0.15, 0.2) is 0 Å². The molecule has 3 aliphatic rings. The number of hydrogen-bond donors (Lipinski definition) is 0. The molecule has 0 unspecified atom stereocenters. The summed E-state index contributed by atoms with van der Waals surface area (Å²) >= 11 is 0. The smallest absolute Gasteiger partial charge is 0.320 e. The van der Waals surface area contributed by atoms with E-state index in [0.29, 0.717) is 12.2 Å². The van der Waals surface area contributed by atoms with Crippen molar-refractivity contribution in [2.24, 2.45) is 16.7 Å². The first-order chi connectivity index (χ1) is 16.6. The molecule has 4 rings (SSSR count). The molecule has 190 valence electrons. The van der Waals surface area contributed by atoms with Crippen LogP contribution in [0, 0.1) is 16.7 Å². The molecule has 4 atom stereocenters. The molecule has 1 aromatic rings. The monoisotopic (exact) mass is 482 g/mol. The van der Waals surface area contributed by atoms with Gasteiger partial charge in [0, 0.05) is 31.1 Å². The molecule has 0 aliphatic carbocycles. The maximum atomic E-state index is 14.0. The number of hydrogen-bond acceptors (Lipinski definition) is 5. The second kappa shape index (κ2) is 9.76. The Morgan fingerprint density at radius 3 is 2.40 bits per heavy atom. The van der Waals surface area contributed by atoms with Crippen molar-refractivity contribution in [3.05, 3.63) is 47.7 Å². The summed E-state index contributed by atoms with van der Waals surface area (Å²) in [6.45, 7) is 9.91. The van der Waals surface area contributed by atoms with Crippen molar-refractivity contribution in [3.63, 3.8) is 0 Å². The van der Waals surface area contributed by atoms with Gasteiger partial charge in [-0.2, -0.15) is 0 Å². The van der Waals surface area contributed by atoms with E-state index in [1.807, 2.05) is 48.2 Å². The number of amides is 2. The Bertz CT molecular complexity index is 992. The standard InChI is InChI=1S/C28H38N2O5/c1-19-28(26(33)34-5)17-21(15-24(31)29-13-9-10-14-29)25(32)30(18-20-11-7-6-8-12-20)22(28)16-23(35-19)27(2,3)4/h6-8,11-12,16,19,21,23H,9-10,13-15,17-18H2,1-5H3/t19-,21+,23-,28+/m1/s1. The third-order valence-corrected chi connectivity index (χ3v) is 7.75. The Morgan fingerprint density at radius 1 is 1.14 bits per heavy atom. The topological polar surface area (TPSA) is 76.2 Å². The van der Waals surface area contributed by atoms with Gasteiger partial charge in [0.2, 0.25) is 11.8 Å². The van der Waals surface area contributed by atoms with E-state index >= 15 is 0 Å². The van der Waals surface area contributed by atoms with Gasteiger partial charge in [0.25, 0.3) is 0 Å². The average molecular weight is 483 g/mol. The summed E-state index contributed by atoms with van der Waals surface area (Å²) in [6, 6.07) is 9.74. The van der Waals surface area contributed by atoms with Crippen LogP contribution in [0.5, 0.6) is 0 Å². The molecule has 1 aromatic carbocycles. The minimum Gasteiger partial charge on any atom is -0.468 e. The van der Waals surface area contributed by atoms with E-state index in [0.717, 1.165) is 31.5 Å². The highest BCUT2D eigenvalue weighted by Gasteiger charge is 2.60. The maximum absolute atomic E-state index is 14.0. The Labute approximate surface area is 208 Å². The summed E-state index contributed by atoms with van der Waals surface area (Å²) in [6.07, 6.45) is 3.41. The summed E-state index contributed by atoms with van der Waals surface area (Å²) in [7, 11) is 1.37. The zero-order valence-corrected chi connectivity index (χ0v) is 21.6. The van der Waals surface area contributed by atoms with Crippen molar-refractivity contribution < 1.29 is 23.9 Å². The van der Waals surface area contributed by atoms with Crippen LogP contribution in [0.25, 0.3) is 0 Å². The van der Waals surface area contributed by atoms with Crippen LogP contribution in [0.2, 0.25) is 0 Å². The molecule has 3 aliphatic heterocycles. The molecule has 2 fully saturated rings. The van der Waals surface area contributed by atoms with Gasteiger partial charge in [0.1, 0.15) is 5.41 Å². The first-order valence-electron chi connectivity index (χ1n) is 12.7. The lowest BCUT2D eigenvalue weighted by atomic mass is 9.65. The van der Waals surface area contributed by atoms with E-state index < -0.39 is 23.4 Å². The van der Waals surface area contributed by atoms with Crippen molar-refractivity contribution in [2.75, 3.05) is 20.2 Å². The van der Waals surface area contributed by atoms with Gasteiger partial charge < -0.3 is 19.3 Å². The SMILES string of the molecule is COC(=O)[C@]12C[C@H](CC(=O)N3CCCC3)C(=O)N(Cc3ccccc3)C1=C[C@H](C(C)(C)C)O[C@@H]2C. The number of piperidine rings is 1. The Hall–Kier alpha value is -2.67. The molecule has 7 heteroatoms. The number of likely N-dealkylation sites (tertiary alicyclic amines) is 2. The lowest BCUT2D eigenvalue weighted by molar-refractivity contribution is -0.180. The number of ether oxygens (including phenoxy) is 2. The lowest BCUT2D eigenvalue weighted by Gasteiger charge is -2.53. The van der Waals surface area contributed by atoms with E-state index in [-0.39, 0.29) is 36.2 Å². The largest absolute Gasteiger partial charge is 0.468 e. The molecule has 7 nitrogen and oxygen atoms in total.